The smallest absolute Gasteiger partial charge is 0.209 e. The van der Waals surface area contributed by atoms with Crippen LogP contribution in [0, 0.1) is 0 Å². The zero-order valence-electron chi connectivity index (χ0n) is 11.0. The van der Waals surface area contributed by atoms with Crippen LogP contribution in [0.2, 0.25) is 0 Å². The Labute approximate surface area is 118 Å². The Morgan fingerprint density at radius 2 is 1.94 bits per heavy atom. The first-order valence-corrected chi connectivity index (χ1v) is 8.86. The SMILES string of the molecule is Cn1nnnc1SCCCSC1CCCCCC1. The fraction of sp³-hybridized carbons (Fsp3) is 0.917. The Bertz CT molecular complexity index is 335. The molecule has 0 spiro atoms. The van der Waals surface area contributed by atoms with E-state index in [1.165, 1.54) is 50.7 Å². The minimum atomic E-state index is 0.925. The van der Waals surface area contributed by atoms with Gasteiger partial charge in [0, 0.05) is 18.1 Å². The first-order valence-electron chi connectivity index (χ1n) is 6.83. The molecule has 0 N–H and O–H groups in total. The van der Waals surface area contributed by atoms with E-state index in [4.69, 9.17) is 0 Å². The molecule has 1 aromatic heterocycles. The number of aryl methyl sites for hydroxylation is 1. The van der Waals surface area contributed by atoms with E-state index >= 15 is 0 Å². The molecular weight excluding hydrogens is 264 g/mol. The topological polar surface area (TPSA) is 43.6 Å². The van der Waals surface area contributed by atoms with Gasteiger partial charge in [-0.15, -0.1) is 5.10 Å². The van der Waals surface area contributed by atoms with E-state index in [0.717, 1.165) is 16.2 Å². The summed E-state index contributed by atoms with van der Waals surface area (Å²) in [4.78, 5) is 0. The molecule has 102 valence electrons. The third-order valence-corrected chi connectivity index (χ3v) is 5.82. The summed E-state index contributed by atoms with van der Waals surface area (Å²) in [6.45, 7) is 0. The zero-order chi connectivity index (χ0) is 12.6. The monoisotopic (exact) mass is 286 g/mol. The average molecular weight is 286 g/mol. The van der Waals surface area contributed by atoms with E-state index in [1.807, 2.05) is 7.05 Å². The van der Waals surface area contributed by atoms with Crippen molar-refractivity contribution in [3.8, 4) is 0 Å². The summed E-state index contributed by atoms with van der Waals surface area (Å²) in [5.41, 5.74) is 0. The van der Waals surface area contributed by atoms with Crippen LogP contribution in [0.25, 0.3) is 0 Å². The standard InChI is InChI=1S/C12H22N4S2/c1-16-12(13-14-15-16)18-10-6-9-17-11-7-4-2-3-5-8-11/h11H,2-10H2,1H3. The minimum Gasteiger partial charge on any atom is -0.224 e. The van der Waals surface area contributed by atoms with Crippen molar-refractivity contribution >= 4 is 23.5 Å². The van der Waals surface area contributed by atoms with Crippen LogP contribution in [0.5, 0.6) is 0 Å². The number of hydrogen-bond donors (Lipinski definition) is 0. The molecule has 0 aromatic carbocycles. The first-order chi connectivity index (χ1) is 8.86. The zero-order valence-corrected chi connectivity index (χ0v) is 12.7. The highest BCUT2D eigenvalue weighted by atomic mass is 32.2. The van der Waals surface area contributed by atoms with Gasteiger partial charge in [0.2, 0.25) is 5.16 Å². The van der Waals surface area contributed by atoms with Crippen molar-refractivity contribution in [2.45, 2.75) is 55.4 Å². The van der Waals surface area contributed by atoms with Crippen molar-refractivity contribution in [2.75, 3.05) is 11.5 Å². The fourth-order valence-electron chi connectivity index (χ4n) is 2.22. The predicted octanol–water partition coefficient (Wildman–Crippen LogP) is 3.15. The minimum absolute atomic E-state index is 0.925. The van der Waals surface area contributed by atoms with Crippen molar-refractivity contribution in [1.82, 2.24) is 20.2 Å². The van der Waals surface area contributed by atoms with Crippen LogP contribution in [0.1, 0.15) is 44.9 Å². The molecule has 1 aliphatic rings. The van der Waals surface area contributed by atoms with Gasteiger partial charge < -0.3 is 0 Å². The Kier molecular flexibility index (Phi) is 6.34. The Hall–Kier alpha value is -0.230. The highest BCUT2D eigenvalue weighted by molar-refractivity contribution is 8.00. The molecule has 0 aliphatic heterocycles. The molecular formula is C12H22N4S2. The number of rotatable bonds is 6. The van der Waals surface area contributed by atoms with Gasteiger partial charge in [-0.2, -0.15) is 11.8 Å². The molecule has 1 aliphatic carbocycles. The van der Waals surface area contributed by atoms with Gasteiger partial charge in [0.05, 0.1) is 0 Å². The van der Waals surface area contributed by atoms with Gasteiger partial charge in [0.15, 0.2) is 0 Å². The maximum absolute atomic E-state index is 3.97. The van der Waals surface area contributed by atoms with Crippen molar-refractivity contribution < 1.29 is 0 Å². The van der Waals surface area contributed by atoms with Gasteiger partial charge in [-0.05, 0) is 35.4 Å². The largest absolute Gasteiger partial charge is 0.224 e. The van der Waals surface area contributed by atoms with E-state index in [1.54, 1.807) is 16.4 Å². The second-order valence-corrected chi connectivity index (χ2v) is 7.24. The van der Waals surface area contributed by atoms with Gasteiger partial charge in [0.1, 0.15) is 0 Å². The summed E-state index contributed by atoms with van der Waals surface area (Å²) in [7, 11) is 1.89. The van der Waals surface area contributed by atoms with E-state index in [-0.39, 0.29) is 0 Å². The lowest BCUT2D eigenvalue weighted by Gasteiger charge is -2.12. The van der Waals surface area contributed by atoms with E-state index in [2.05, 4.69) is 27.3 Å². The van der Waals surface area contributed by atoms with Gasteiger partial charge in [-0.1, -0.05) is 37.4 Å². The molecule has 6 heteroatoms. The van der Waals surface area contributed by atoms with Gasteiger partial charge in [-0.25, -0.2) is 4.68 Å². The Morgan fingerprint density at radius 3 is 2.61 bits per heavy atom. The molecule has 1 saturated carbocycles. The summed E-state index contributed by atoms with van der Waals surface area (Å²) in [6, 6.07) is 0. The van der Waals surface area contributed by atoms with Crippen LogP contribution >= 0.6 is 23.5 Å². The van der Waals surface area contributed by atoms with E-state index in [9.17, 15) is 0 Å². The number of tetrazole rings is 1. The van der Waals surface area contributed by atoms with Crippen LogP contribution in [-0.2, 0) is 7.05 Å². The van der Waals surface area contributed by atoms with Gasteiger partial charge >= 0.3 is 0 Å². The highest BCUT2D eigenvalue weighted by Gasteiger charge is 2.12. The van der Waals surface area contributed by atoms with Gasteiger partial charge in [0.25, 0.3) is 0 Å². The molecule has 18 heavy (non-hydrogen) atoms. The predicted molar refractivity (Wildman–Crippen MR) is 78.1 cm³/mol. The van der Waals surface area contributed by atoms with Crippen molar-refractivity contribution in [3.63, 3.8) is 0 Å². The third-order valence-electron chi connectivity index (χ3n) is 3.26. The van der Waals surface area contributed by atoms with E-state index < -0.39 is 0 Å². The summed E-state index contributed by atoms with van der Waals surface area (Å²) < 4.78 is 1.74. The Balaban J connectivity index is 1.54. The summed E-state index contributed by atoms with van der Waals surface area (Å²) in [5.74, 6) is 2.40. The molecule has 0 unspecified atom stereocenters. The van der Waals surface area contributed by atoms with Crippen molar-refractivity contribution in [3.05, 3.63) is 0 Å². The molecule has 2 rings (SSSR count). The lowest BCUT2D eigenvalue weighted by Crippen LogP contribution is -2.02. The molecule has 4 nitrogen and oxygen atoms in total. The molecule has 0 amide bonds. The second kappa shape index (κ2) is 8.04. The summed E-state index contributed by atoms with van der Waals surface area (Å²) in [6.07, 6.45) is 9.90. The number of hydrogen-bond acceptors (Lipinski definition) is 5. The summed E-state index contributed by atoms with van der Waals surface area (Å²) in [5, 5.41) is 13.3. The lowest BCUT2D eigenvalue weighted by atomic mass is 10.2. The number of aromatic nitrogens is 4. The average Bonchev–Trinajstić information content (AvgIpc) is 2.64. The molecule has 0 saturated heterocycles. The molecule has 1 fully saturated rings. The molecule has 0 bridgehead atoms. The molecule has 1 heterocycles. The quantitative estimate of drug-likeness (QED) is 0.456. The molecule has 0 atom stereocenters. The van der Waals surface area contributed by atoms with E-state index in [0.29, 0.717) is 0 Å². The lowest BCUT2D eigenvalue weighted by molar-refractivity contribution is 0.664. The van der Waals surface area contributed by atoms with Crippen LogP contribution in [0.3, 0.4) is 0 Å². The second-order valence-electron chi connectivity index (χ2n) is 4.77. The third kappa shape index (κ3) is 4.80. The first kappa shape index (κ1) is 14.2. The molecule has 0 radical (unpaired) electrons. The maximum atomic E-state index is 3.97. The Morgan fingerprint density at radius 1 is 1.17 bits per heavy atom. The molecule has 1 aromatic rings. The highest BCUT2D eigenvalue weighted by Crippen LogP contribution is 2.28. The van der Waals surface area contributed by atoms with Crippen molar-refractivity contribution in [2.24, 2.45) is 7.05 Å². The van der Waals surface area contributed by atoms with Crippen LogP contribution < -0.4 is 0 Å². The van der Waals surface area contributed by atoms with Crippen LogP contribution in [0.15, 0.2) is 5.16 Å². The van der Waals surface area contributed by atoms with Gasteiger partial charge in [-0.3, -0.25) is 0 Å². The summed E-state index contributed by atoms with van der Waals surface area (Å²) >= 11 is 3.94. The van der Waals surface area contributed by atoms with Crippen LogP contribution in [-0.4, -0.2) is 37.0 Å². The number of thioether (sulfide) groups is 2. The maximum Gasteiger partial charge on any atom is 0.209 e. The fourth-order valence-corrected chi connectivity index (χ4v) is 4.51. The normalized spacial score (nSPS) is 17.8. The van der Waals surface area contributed by atoms with Crippen molar-refractivity contribution in [1.29, 1.82) is 0 Å². The van der Waals surface area contributed by atoms with Crippen LogP contribution in [0.4, 0.5) is 0 Å². The number of nitrogens with zero attached hydrogens (tertiary/aromatic N) is 4.